The Balaban J connectivity index is 2.04. The SMILES string of the molecule is CNC(c1cscn1)C1CCCCO1. The van der Waals surface area contributed by atoms with Gasteiger partial charge in [0.05, 0.1) is 23.4 Å². The standard InChI is InChI=1S/C10H16N2OS/c1-11-10(8-6-14-7-12-8)9-4-2-3-5-13-9/h6-7,9-11H,2-5H2,1H3. The summed E-state index contributed by atoms with van der Waals surface area (Å²) in [7, 11) is 1.97. The molecule has 78 valence electrons. The van der Waals surface area contributed by atoms with Crippen molar-refractivity contribution in [2.75, 3.05) is 13.7 Å². The number of thiazole rings is 1. The van der Waals surface area contributed by atoms with Gasteiger partial charge < -0.3 is 10.1 Å². The number of nitrogens with one attached hydrogen (secondary N) is 1. The lowest BCUT2D eigenvalue weighted by atomic mass is 10.0. The zero-order valence-corrected chi connectivity index (χ0v) is 9.22. The molecule has 4 heteroatoms. The van der Waals surface area contributed by atoms with Gasteiger partial charge in [-0.2, -0.15) is 0 Å². The van der Waals surface area contributed by atoms with Crippen LogP contribution >= 0.6 is 11.3 Å². The Labute approximate surface area is 88.5 Å². The minimum absolute atomic E-state index is 0.265. The van der Waals surface area contributed by atoms with Crippen molar-refractivity contribution < 1.29 is 4.74 Å². The van der Waals surface area contributed by atoms with Gasteiger partial charge in [0.2, 0.25) is 0 Å². The Hall–Kier alpha value is -0.450. The lowest BCUT2D eigenvalue weighted by molar-refractivity contribution is -0.00735. The molecule has 0 radical (unpaired) electrons. The fourth-order valence-corrected chi connectivity index (χ4v) is 2.52. The number of likely N-dealkylation sites (N-methyl/N-ethyl adjacent to an activating group) is 1. The number of hydrogen-bond donors (Lipinski definition) is 1. The topological polar surface area (TPSA) is 34.2 Å². The fraction of sp³-hybridized carbons (Fsp3) is 0.700. The lowest BCUT2D eigenvalue weighted by Crippen LogP contribution is -2.34. The second-order valence-electron chi connectivity index (χ2n) is 3.58. The third-order valence-corrected chi connectivity index (χ3v) is 3.27. The number of hydrogen-bond acceptors (Lipinski definition) is 4. The molecule has 1 fully saturated rings. The summed E-state index contributed by atoms with van der Waals surface area (Å²) in [5, 5.41) is 5.39. The Morgan fingerprint density at radius 3 is 3.14 bits per heavy atom. The van der Waals surface area contributed by atoms with Crippen LogP contribution in [0.1, 0.15) is 31.0 Å². The van der Waals surface area contributed by atoms with E-state index in [9.17, 15) is 0 Å². The molecule has 14 heavy (non-hydrogen) atoms. The van der Waals surface area contributed by atoms with E-state index in [2.05, 4.69) is 15.7 Å². The van der Waals surface area contributed by atoms with Crippen molar-refractivity contribution >= 4 is 11.3 Å². The second-order valence-corrected chi connectivity index (χ2v) is 4.30. The molecule has 0 saturated carbocycles. The van der Waals surface area contributed by atoms with E-state index in [1.54, 1.807) is 11.3 Å². The Morgan fingerprint density at radius 1 is 1.64 bits per heavy atom. The third kappa shape index (κ3) is 2.13. The molecule has 1 aromatic heterocycles. The van der Waals surface area contributed by atoms with Gasteiger partial charge in [-0.1, -0.05) is 0 Å². The van der Waals surface area contributed by atoms with E-state index in [4.69, 9.17) is 4.74 Å². The molecule has 1 aliphatic rings. The van der Waals surface area contributed by atoms with Crippen LogP contribution in [-0.4, -0.2) is 24.7 Å². The Morgan fingerprint density at radius 2 is 2.57 bits per heavy atom. The average Bonchev–Trinajstić information content (AvgIpc) is 2.74. The first-order valence-corrected chi connectivity index (χ1v) is 6.03. The molecule has 2 heterocycles. The smallest absolute Gasteiger partial charge is 0.0795 e. The van der Waals surface area contributed by atoms with E-state index in [1.165, 1.54) is 12.8 Å². The van der Waals surface area contributed by atoms with Gasteiger partial charge in [0.1, 0.15) is 0 Å². The molecule has 1 N–H and O–H groups in total. The first kappa shape index (κ1) is 10.1. The quantitative estimate of drug-likeness (QED) is 0.832. The zero-order valence-electron chi connectivity index (χ0n) is 8.40. The van der Waals surface area contributed by atoms with Crippen molar-refractivity contribution in [3.63, 3.8) is 0 Å². The molecule has 2 atom stereocenters. The number of ether oxygens (including phenoxy) is 1. The highest BCUT2D eigenvalue weighted by atomic mass is 32.1. The van der Waals surface area contributed by atoms with Crippen LogP contribution in [-0.2, 0) is 4.74 Å². The molecule has 2 unspecified atom stereocenters. The molecule has 1 aliphatic heterocycles. The van der Waals surface area contributed by atoms with Gasteiger partial charge in [0.25, 0.3) is 0 Å². The summed E-state index contributed by atoms with van der Waals surface area (Å²) in [6.45, 7) is 0.896. The van der Waals surface area contributed by atoms with Gasteiger partial charge >= 0.3 is 0 Å². The number of nitrogens with zero attached hydrogens (tertiary/aromatic N) is 1. The van der Waals surface area contributed by atoms with E-state index in [1.807, 2.05) is 12.6 Å². The van der Waals surface area contributed by atoms with E-state index < -0.39 is 0 Å². The second kappa shape index (κ2) is 4.87. The van der Waals surface area contributed by atoms with E-state index in [0.29, 0.717) is 6.10 Å². The van der Waals surface area contributed by atoms with Crippen molar-refractivity contribution in [1.82, 2.24) is 10.3 Å². The molecular formula is C10H16N2OS. The first-order valence-electron chi connectivity index (χ1n) is 5.09. The molecule has 1 saturated heterocycles. The van der Waals surface area contributed by atoms with Crippen LogP contribution in [0.2, 0.25) is 0 Å². The van der Waals surface area contributed by atoms with Gasteiger partial charge in [-0.3, -0.25) is 0 Å². The van der Waals surface area contributed by atoms with E-state index in [-0.39, 0.29) is 6.04 Å². The van der Waals surface area contributed by atoms with Crippen molar-refractivity contribution in [2.24, 2.45) is 0 Å². The van der Waals surface area contributed by atoms with Crippen LogP contribution in [0, 0.1) is 0 Å². The lowest BCUT2D eigenvalue weighted by Gasteiger charge is -2.29. The monoisotopic (exact) mass is 212 g/mol. The largest absolute Gasteiger partial charge is 0.376 e. The molecule has 1 aromatic rings. The summed E-state index contributed by atoms with van der Waals surface area (Å²) in [6, 6.07) is 0.265. The average molecular weight is 212 g/mol. The minimum Gasteiger partial charge on any atom is -0.376 e. The summed E-state index contributed by atoms with van der Waals surface area (Å²) in [6.07, 6.45) is 3.91. The van der Waals surface area contributed by atoms with E-state index in [0.717, 1.165) is 18.7 Å². The molecule has 2 rings (SSSR count). The molecule has 0 aliphatic carbocycles. The summed E-state index contributed by atoms with van der Waals surface area (Å²) in [4.78, 5) is 4.34. The van der Waals surface area contributed by atoms with Gasteiger partial charge in [-0.15, -0.1) is 11.3 Å². The van der Waals surface area contributed by atoms with Crippen LogP contribution < -0.4 is 5.32 Å². The summed E-state index contributed by atoms with van der Waals surface area (Å²) >= 11 is 1.64. The van der Waals surface area contributed by atoms with Crippen LogP contribution in [0.4, 0.5) is 0 Å². The fourth-order valence-electron chi connectivity index (χ4n) is 1.93. The maximum atomic E-state index is 5.76. The van der Waals surface area contributed by atoms with Crippen molar-refractivity contribution in [3.8, 4) is 0 Å². The molecule has 0 amide bonds. The molecule has 3 nitrogen and oxygen atoms in total. The molecular weight excluding hydrogens is 196 g/mol. The van der Waals surface area contributed by atoms with Gasteiger partial charge in [0, 0.05) is 12.0 Å². The van der Waals surface area contributed by atoms with Crippen molar-refractivity contribution in [3.05, 3.63) is 16.6 Å². The summed E-state index contributed by atoms with van der Waals surface area (Å²) in [5.74, 6) is 0. The van der Waals surface area contributed by atoms with Crippen LogP contribution in [0.5, 0.6) is 0 Å². The van der Waals surface area contributed by atoms with Crippen molar-refractivity contribution in [1.29, 1.82) is 0 Å². The van der Waals surface area contributed by atoms with Gasteiger partial charge in [0.15, 0.2) is 0 Å². The summed E-state index contributed by atoms with van der Waals surface area (Å²) < 4.78 is 5.76. The zero-order chi connectivity index (χ0) is 9.80. The van der Waals surface area contributed by atoms with Crippen LogP contribution in [0.15, 0.2) is 10.9 Å². The Kier molecular flexibility index (Phi) is 3.50. The summed E-state index contributed by atoms with van der Waals surface area (Å²) in [5.41, 5.74) is 2.99. The minimum atomic E-state index is 0.265. The highest BCUT2D eigenvalue weighted by Gasteiger charge is 2.25. The maximum absolute atomic E-state index is 5.76. The Bertz CT molecular complexity index is 257. The van der Waals surface area contributed by atoms with Crippen LogP contribution in [0.25, 0.3) is 0 Å². The van der Waals surface area contributed by atoms with E-state index >= 15 is 0 Å². The molecule has 0 spiro atoms. The molecule has 0 aromatic carbocycles. The number of aromatic nitrogens is 1. The van der Waals surface area contributed by atoms with Gasteiger partial charge in [-0.05, 0) is 26.3 Å². The number of rotatable bonds is 3. The normalized spacial score (nSPS) is 24.8. The maximum Gasteiger partial charge on any atom is 0.0795 e. The first-order chi connectivity index (χ1) is 6.92. The highest BCUT2D eigenvalue weighted by Crippen LogP contribution is 2.25. The predicted molar refractivity (Wildman–Crippen MR) is 57.5 cm³/mol. The van der Waals surface area contributed by atoms with Gasteiger partial charge in [-0.25, -0.2) is 4.98 Å². The van der Waals surface area contributed by atoms with Crippen molar-refractivity contribution in [2.45, 2.75) is 31.4 Å². The predicted octanol–water partition coefficient (Wildman–Crippen LogP) is 1.97. The third-order valence-electron chi connectivity index (χ3n) is 2.67. The highest BCUT2D eigenvalue weighted by molar-refractivity contribution is 7.07. The molecule has 0 bridgehead atoms. The van der Waals surface area contributed by atoms with Crippen LogP contribution in [0.3, 0.4) is 0 Å².